The summed E-state index contributed by atoms with van der Waals surface area (Å²) < 4.78 is 77.1. The molecule has 1 aromatic heterocycles. The average molecular weight is 397 g/mol. The molecule has 1 heterocycles. The number of hydrogen-bond acceptors (Lipinski definition) is 4. The molecule has 0 bridgehead atoms. The maximum atomic E-state index is 12.9. The zero-order valence-electron chi connectivity index (χ0n) is 13.0. The quantitative estimate of drug-likeness (QED) is 0.748. The summed E-state index contributed by atoms with van der Waals surface area (Å²) in [7, 11) is 0. The molecule has 0 fully saturated rings. The van der Waals surface area contributed by atoms with Gasteiger partial charge >= 0.3 is 12.4 Å². The molecule has 0 saturated heterocycles. The van der Waals surface area contributed by atoms with Crippen LogP contribution in [0, 0.1) is 0 Å². The number of carbonyl (C=O) groups excluding carboxylic acids is 1. The zero-order chi connectivity index (χ0) is 19.5. The predicted molar refractivity (Wildman–Crippen MR) is 83.7 cm³/mol. The fourth-order valence-corrected chi connectivity index (χ4v) is 2.82. The van der Waals surface area contributed by atoms with Crippen molar-refractivity contribution >= 4 is 22.4 Å². The number of amides is 1. The van der Waals surface area contributed by atoms with E-state index < -0.39 is 23.5 Å². The molecule has 0 aliphatic rings. The van der Waals surface area contributed by atoms with Crippen molar-refractivity contribution in [2.45, 2.75) is 25.2 Å². The Balaban J connectivity index is 2.26. The van der Waals surface area contributed by atoms with E-state index in [4.69, 9.17) is 5.73 Å². The normalized spacial score (nSPS) is 12.3. The fourth-order valence-electron chi connectivity index (χ4n) is 2.09. The minimum Gasteiger partial charge on any atom is -0.330 e. The molecule has 2 rings (SSSR count). The first kappa shape index (κ1) is 20.2. The Bertz CT molecular complexity index is 752. The van der Waals surface area contributed by atoms with Crippen LogP contribution in [-0.2, 0) is 23.6 Å². The van der Waals surface area contributed by atoms with E-state index in [1.54, 1.807) is 0 Å². The molecule has 0 aliphatic carbocycles. The first-order valence-electron chi connectivity index (χ1n) is 7.21. The molecule has 26 heavy (non-hydrogen) atoms. The average Bonchev–Trinajstić information content (AvgIpc) is 2.92. The van der Waals surface area contributed by atoms with E-state index in [0.717, 1.165) is 11.3 Å². The summed E-state index contributed by atoms with van der Waals surface area (Å²) in [6, 6.07) is 1.38. The summed E-state index contributed by atoms with van der Waals surface area (Å²) >= 11 is 1.01. The summed E-state index contributed by atoms with van der Waals surface area (Å²) in [6.45, 7) is 0.133. The molecule has 11 heteroatoms. The molecule has 142 valence electrons. The summed E-state index contributed by atoms with van der Waals surface area (Å²) in [4.78, 5) is 15.4. The third kappa shape index (κ3) is 5.43. The van der Waals surface area contributed by atoms with Gasteiger partial charge in [0.15, 0.2) is 5.13 Å². The van der Waals surface area contributed by atoms with Gasteiger partial charge in [-0.15, -0.1) is 11.3 Å². The molecule has 0 spiro atoms. The smallest absolute Gasteiger partial charge is 0.330 e. The van der Waals surface area contributed by atoms with Crippen molar-refractivity contribution in [1.82, 2.24) is 4.98 Å². The van der Waals surface area contributed by atoms with Crippen molar-refractivity contribution in [3.8, 4) is 0 Å². The molecule has 0 saturated carbocycles. The Morgan fingerprint density at radius 3 is 2.15 bits per heavy atom. The number of thiazole rings is 1. The van der Waals surface area contributed by atoms with E-state index in [1.165, 1.54) is 5.38 Å². The van der Waals surface area contributed by atoms with Gasteiger partial charge in [0.2, 0.25) is 5.91 Å². The molecule has 0 radical (unpaired) electrons. The van der Waals surface area contributed by atoms with Crippen LogP contribution in [0.2, 0.25) is 0 Å². The molecule has 1 aromatic carbocycles. The Labute approximate surface area is 148 Å². The predicted octanol–water partition coefficient (Wildman–Crippen LogP) is 4.06. The summed E-state index contributed by atoms with van der Waals surface area (Å²) in [5.74, 6) is -0.383. The van der Waals surface area contributed by atoms with Gasteiger partial charge in [0.1, 0.15) is 0 Å². The van der Waals surface area contributed by atoms with Gasteiger partial charge in [-0.05, 0) is 23.8 Å². The van der Waals surface area contributed by atoms with Crippen LogP contribution in [0.25, 0.3) is 0 Å². The number of carbonyl (C=O) groups is 1. The van der Waals surface area contributed by atoms with Crippen LogP contribution in [0.1, 0.15) is 28.8 Å². The number of hydrogen-bond donors (Lipinski definition) is 2. The third-order valence-corrected chi connectivity index (χ3v) is 4.01. The summed E-state index contributed by atoms with van der Waals surface area (Å²) in [6.07, 6.45) is -9.98. The second-order valence-electron chi connectivity index (χ2n) is 5.32. The number of alkyl halides is 6. The van der Waals surface area contributed by atoms with E-state index in [2.05, 4.69) is 10.3 Å². The van der Waals surface area contributed by atoms with Crippen molar-refractivity contribution in [3.63, 3.8) is 0 Å². The molecule has 2 aromatic rings. The van der Waals surface area contributed by atoms with Crippen LogP contribution in [0.5, 0.6) is 0 Å². The van der Waals surface area contributed by atoms with Gasteiger partial charge in [-0.1, -0.05) is 0 Å². The van der Waals surface area contributed by atoms with Crippen LogP contribution in [0.15, 0.2) is 23.6 Å². The molecule has 4 nitrogen and oxygen atoms in total. The number of benzene rings is 1. The van der Waals surface area contributed by atoms with Crippen molar-refractivity contribution in [2.75, 3.05) is 11.9 Å². The van der Waals surface area contributed by atoms with Gasteiger partial charge in [0, 0.05) is 24.8 Å². The lowest BCUT2D eigenvalue weighted by atomic mass is 10.0. The lowest BCUT2D eigenvalue weighted by Crippen LogP contribution is -2.16. The number of nitrogens with zero attached hydrogens (tertiary/aromatic N) is 1. The van der Waals surface area contributed by atoms with E-state index in [9.17, 15) is 31.1 Å². The van der Waals surface area contributed by atoms with E-state index in [-0.39, 0.29) is 47.7 Å². The second-order valence-corrected chi connectivity index (χ2v) is 6.18. The van der Waals surface area contributed by atoms with Gasteiger partial charge in [-0.25, -0.2) is 4.98 Å². The Kier molecular flexibility index (Phi) is 5.91. The number of rotatable bonds is 5. The topological polar surface area (TPSA) is 68.0 Å². The Hall–Kier alpha value is -2.14. The highest BCUT2D eigenvalue weighted by Crippen LogP contribution is 2.36. The number of aromatic nitrogens is 1. The first-order valence-corrected chi connectivity index (χ1v) is 8.09. The van der Waals surface area contributed by atoms with Gasteiger partial charge in [-0.3, -0.25) is 4.79 Å². The highest BCUT2D eigenvalue weighted by Gasteiger charge is 2.36. The van der Waals surface area contributed by atoms with Crippen LogP contribution in [0.3, 0.4) is 0 Å². The van der Waals surface area contributed by atoms with Crippen LogP contribution in [0.4, 0.5) is 31.5 Å². The van der Waals surface area contributed by atoms with E-state index in [0.29, 0.717) is 12.1 Å². The molecule has 0 atom stereocenters. The molecule has 1 amide bonds. The summed E-state index contributed by atoms with van der Waals surface area (Å²) in [5.41, 5.74) is 2.52. The molecular weight excluding hydrogens is 384 g/mol. The fraction of sp³-hybridized carbons (Fsp3) is 0.333. The second kappa shape index (κ2) is 7.62. The van der Waals surface area contributed by atoms with Crippen molar-refractivity contribution < 1.29 is 31.1 Å². The van der Waals surface area contributed by atoms with E-state index >= 15 is 0 Å². The maximum Gasteiger partial charge on any atom is 0.416 e. The van der Waals surface area contributed by atoms with Crippen LogP contribution in [-0.4, -0.2) is 17.4 Å². The van der Waals surface area contributed by atoms with Crippen LogP contribution >= 0.6 is 11.3 Å². The number of nitrogens with two attached hydrogens (primary N) is 1. The number of anilines is 1. The molecule has 3 N–H and O–H groups in total. The minimum absolute atomic E-state index is 0.0669. The Morgan fingerprint density at radius 2 is 1.65 bits per heavy atom. The standard InChI is InChI=1S/C15H13F6N3OS/c16-14(17,18)9-3-8(4-10(6-9)15(19,20)21)5-11-7-26-13(23-11)24-12(25)1-2-22/h3-4,6-7H,1-2,5,22H2,(H,23,24,25). The van der Waals surface area contributed by atoms with Crippen molar-refractivity contribution in [2.24, 2.45) is 5.73 Å². The lowest BCUT2D eigenvalue weighted by molar-refractivity contribution is -0.143. The van der Waals surface area contributed by atoms with Gasteiger partial charge < -0.3 is 11.1 Å². The number of nitrogens with one attached hydrogen (secondary N) is 1. The minimum atomic E-state index is -4.90. The molecule has 0 unspecified atom stereocenters. The molecular formula is C15H13F6N3OS. The largest absolute Gasteiger partial charge is 0.416 e. The number of halogens is 6. The van der Waals surface area contributed by atoms with E-state index in [1.807, 2.05) is 0 Å². The highest BCUT2D eigenvalue weighted by atomic mass is 32.1. The maximum absolute atomic E-state index is 12.9. The van der Waals surface area contributed by atoms with Gasteiger partial charge in [0.05, 0.1) is 16.8 Å². The zero-order valence-corrected chi connectivity index (χ0v) is 13.9. The Morgan fingerprint density at radius 1 is 1.08 bits per heavy atom. The SMILES string of the molecule is NCCC(=O)Nc1nc(Cc2cc(C(F)(F)F)cc(C(F)(F)F)c2)cs1. The molecule has 0 aliphatic heterocycles. The van der Waals surface area contributed by atoms with Crippen molar-refractivity contribution in [3.05, 3.63) is 46.0 Å². The monoisotopic (exact) mass is 397 g/mol. The van der Waals surface area contributed by atoms with Crippen molar-refractivity contribution in [1.29, 1.82) is 0 Å². The lowest BCUT2D eigenvalue weighted by Gasteiger charge is -2.13. The van der Waals surface area contributed by atoms with Crippen LogP contribution < -0.4 is 11.1 Å². The summed E-state index contributed by atoms with van der Waals surface area (Å²) in [5, 5.41) is 4.09. The van der Waals surface area contributed by atoms with Gasteiger partial charge in [-0.2, -0.15) is 26.3 Å². The highest BCUT2D eigenvalue weighted by molar-refractivity contribution is 7.13. The first-order chi connectivity index (χ1) is 12.0. The third-order valence-electron chi connectivity index (χ3n) is 3.20. The van der Waals surface area contributed by atoms with Gasteiger partial charge in [0.25, 0.3) is 0 Å².